The summed E-state index contributed by atoms with van der Waals surface area (Å²) in [5.41, 5.74) is 2.44. The van der Waals surface area contributed by atoms with Crippen LogP contribution in [0.25, 0.3) is 0 Å². The van der Waals surface area contributed by atoms with Crippen LogP contribution in [-0.2, 0) is 16.0 Å². The molecule has 0 spiro atoms. The van der Waals surface area contributed by atoms with Crippen molar-refractivity contribution < 1.29 is 9.59 Å². The third-order valence-electron chi connectivity index (χ3n) is 4.39. The minimum atomic E-state index is -0.520. The number of benzene rings is 2. The molecular formula is C21H18ClN3O2S. The Morgan fingerprint density at radius 2 is 1.93 bits per heavy atom. The molecule has 2 amide bonds. The van der Waals surface area contributed by atoms with Crippen molar-refractivity contribution in [2.24, 2.45) is 0 Å². The van der Waals surface area contributed by atoms with E-state index in [1.807, 2.05) is 55.5 Å². The Kier molecular flexibility index (Phi) is 6.08. The largest absolute Gasteiger partial charge is 0.354 e. The number of aryl methyl sites for hydroxylation is 1. The highest BCUT2D eigenvalue weighted by Gasteiger charge is 2.40. The molecule has 7 heteroatoms. The maximum Gasteiger partial charge on any atom is 0.264 e. The first kappa shape index (κ1) is 20.0. The summed E-state index contributed by atoms with van der Waals surface area (Å²) in [6.45, 7) is 1.95. The molecular weight excluding hydrogens is 394 g/mol. The van der Waals surface area contributed by atoms with Gasteiger partial charge < -0.3 is 5.32 Å². The van der Waals surface area contributed by atoms with Gasteiger partial charge in [-0.3, -0.25) is 14.5 Å². The number of carbonyl (C=O) groups excluding carboxylic acids is 2. The summed E-state index contributed by atoms with van der Waals surface area (Å²) in [5, 5.41) is 12.5. The normalized spacial score (nSPS) is 18.0. The number of nitrogens with one attached hydrogen (secondary N) is 1. The van der Waals surface area contributed by atoms with E-state index in [0.29, 0.717) is 22.2 Å². The molecule has 0 unspecified atom stereocenters. The fourth-order valence-corrected chi connectivity index (χ4v) is 4.41. The number of likely N-dealkylation sites (N-methyl/N-ethyl adjacent to an activating group) is 1. The number of amides is 2. The summed E-state index contributed by atoms with van der Waals surface area (Å²) < 4.78 is 0. The number of nitrogens with zero attached hydrogens (tertiary/aromatic N) is 2. The van der Waals surface area contributed by atoms with E-state index in [0.717, 1.165) is 11.1 Å². The van der Waals surface area contributed by atoms with E-state index in [1.54, 1.807) is 6.07 Å². The van der Waals surface area contributed by atoms with E-state index >= 15 is 0 Å². The zero-order chi connectivity index (χ0) is 20.3. The lowest BCUT2D eigenvalue weighted by molar-refractivity contribution is -0.117. The number of halogens is 1. The monoisotopic (exact) mass is 411 g/mol. The van der Waals surface area contributed by atoms with Gasteiger partial charge in [0.15, 0.2) is 0 Å². The van der Waals surface area contributed by atoms with Crippen LogP contribution >= 0.6 is 23.4 Å². The second kappa shape index (κ2) is 8.51. The lowest BCUT2D eigenvalue weighted by Gasteiger charge is -2.18. The van der Waals surface area contributed by atoms with Crippen molar-refractivity contribution in [2.45, 2.75) is 18.6 Å². The van der Waals surface area contributed by atoms with E-state index in [-0.39, 0.29) is 11.5 Å². The molecule has 2 aromatic carbocycles. The fraction of sp³-hybridized carbons (Fsp3) is 0.190. The van der Waals surface area contributed by atoms with Crippen LogP contribution in [-0.4, -0.2) is 24.1 Å². The van der Waals surface area contributed by atoms with Crippen LogP contribution in [0.3, 0.4) is 0 Å². The third kappa shape index (κ3) is 3.91. The van der Waals surface area contributed by atoms with Gasteiger partial charge >= 0.3 is 0 Å². The van der Waals surface area contributed by atoms with Gasteiger partial charge in [-0.1, -0.05) is 59.3 Å². The van der Waals surface area contributed by atoms with E-state index in [4.69, 9.17) is 11.6 Å². The first-order valence-electron chi connectivity index (χ1n) is 8.63. The molecule has 0 bridgehead atoms. The summed E-state index contributed by atoms with van der Waals surface area (Å²) in [6.07, 6.45) is 0.404. The second-order valence-electron chi connectivity index (χ2n) is 6.28. The van der Waals surface area contributed by atoms with Crippen LogP contribution in [0.2, 0.25) is 5.02 Å². The number of nitriles is 1. The van der Waals surface area contributed by atoms with Crippen LogP contribution in [0.5, 0.6) is 0 Å². The van der Waals surface area contributed by atoms with Crippen LogP contribution < -0.4 is 10.2 Å². The number of hydrogen-bond acceptors (Lipinski definition) is 4. The van der Waals surface area contributed by atoms with Crippen molar-refractivity contribution in [2.75, 3.05) is 11.9 Å². The van der Waals surface area contributed by atoms with Gasteiger partial charge in [0.25, 0.3) is 5.91 Å². The van der Waals surface area contributed by atoms with Gasteiger partial charge in [0.2, 0.25) is 5.91 Å². The highest BCUT2D eigenvalue weighted by Crippen LogP contribution is 2.42. The van der Waals surface area contributed by atoms with Gasteiger partial charge in [-0.15, -0.1) is 0 Å². The highest BCUT2D eigenvalue weighted by molar-refractivity contribution is 8.05. The molecule has 5 nitrogen and oxygen atoms in total. The van der Waals surface area contributed by atoms with E-state index in [2.05, 4.69) is 5.32 Å². The highest BCUT2D eigenvalue weighted by atomic mass is 35.5. The first-order chi connectivity index (χ1) is 13.5. The molecule has 0 saturated carbocycles. The molecule has 1 aliphatic heterocycles. The van der Waals surface area contributed by atoms with Crippen molar-refractivity contribution in [1.29, 1.82) is 5.26 Å². The van der Waals surface area contributed by atoms with Crippen LogP contribution in [0.1, 0.15) is 11.1 Å². The van der Waals surface area contributed by atoms with Gasteiger partial charge in [-0.25, -0.2) is 0 Å². The fourth-order valence-electron chi connectivity index (χ4n) is 2.90. The Morgan fingerprint density at radius 1 is 1.25 bits per heavy atom. The molecule has 3 rings (SSSR count). The molecule has 1 fully saturated rings. The average Bonchev–Trinajstić information content (AvgIpc) is 3.01. The van der Waals surface area contributed by atoms with Crippen molar-refractivity contribution in [3.63, 3.8) is 0 Å². The topological polar surface area (TPSA) is 73.2 Å². The van der Waals surface area contributed by atoms with Crippen molar-refractivity contribution >= 4 is 40.9 Å². The SMILES string of the molecule is CNC(=O)/C(C#N)=C1/S[C@@H](Cc2ccccc2Cl)C(=O)N1c1ccc(C)cc1. The molecule has 28 heavy (non-hydrogen) atoms. The van der Waals surface area contributed by atoms with Gasteiger partial charge in [0.05, 0.1) is 5.25 Å². The van der Waals surface area contributed by atoms with Gasteiger partial charge in [-0.2, -0.15) is 5.26 Å². The van der Waals surface area contributed by atoms with E-state index in [1.165, 1.54) is 23.7 Å². The quantitative estimate of drug-likeness (QED) is 0.613. The zero-order valence-electron chi connectivity index (χ0n) is 15.4. The molecule has 1 saturated heterocycles. The van der Waals surface area contributed by atoms with Crippen molar-refractivity contribution in [1.82, 2.24) is 5.32 Å². The molecule has 1 aliphatic rings. The number of carbonyl (C=O) groups is 2. The number of hydrogen-bond donors (Lipinski definition) is 1. The Hall–Kier alpha value is -2.75. The maximum absolute atomic E-state index is 13.2. The molecule has 142 valence electrons. The lowest BCUT2D eigenvalue weighted by Crippen LogP contribution is -2.31. The van der Waals surface area contributed by atoms with E-state index in [9.17, 15) is 14.9 Å². The Labute approximate surface area is 173 Å². The Balaban J connectivity index is 2.06. The minimum absolute atomic E-state index is 0.0805. The third-order valence-corrected chi connectivity index (χ3v) is 6.02. The van der Waals surface area contributed by atoms with E-state index < -0.39 is 11.2 Å². The van der Waals surface area contributed by atoms with Crippen molar-refractivity contribution in [3.05, 3.63) is 75.3 Å². The number of thioether (sulfide) groups is 1. The molecule has 1 N–H and O–H groups in total. The summed E-state index contributed by atoms with van der Waals surface area (Å²) in [6, 6.07) is 16.7. The van der Waals surface area contributed by atoms with Crippen molar-refractivity contribution in [3.8, 4) is 6.07 Å². The molecule has 1 atom stereocenters. The molecule has 2 aromatic rings. The summed E-state index contributed by atoms with van der Waals surface area (Å²) in [4.78, 5) is 26.9. The Morgan fingerprint density at radius 3 is 2.54 bits per heavy atom. The van der Waals surface area contributed by atoms with Crippen LogP contribution in [0.15, 0.2) is 59.1 Å². The predicted octanol–water partition coefficient (Wildman–Crippen LogP) is 3.82. The molecule has 0 radical (unpaired) electrons. The molecule has 1 heterocycles. The molecule has 0 aromatic heterocycles. The maximum atomic E-state index is 13.2. The summed E-state index contributed by atoms with van der Waals surface area (Å²) in [5.74, 6) is -0.700. The van der Waals surface area contributed by atoms with Gasteiger partial charge in [-0.05, 0) is 37.1 Å². The summed E-state index contributed by atoms with van der Waals surface area (Å²) >= 11 is 7.48. The lowest BCUT2D eigenvalue weighted by atomic mass is 10.1. The summed E-state index contributed by atoms with van der Waals surface area (Å²) in [7, 11) is 1.46. The zero-order valence-corrected chi connectivity index (χ0v) is 17.0. The minimum Gasteiger partial charge on any atom is -0.354 e. The van der Waals surface area contributed by atoms with Gasteiger partial charge in [0, 0.05) is 17.8 Å². The number of anilines is 1. The molecule has 0 aliphatic carbocycles. The average molecular weight is 412 g/mol. The standard InChI is InChI=1S/C21H18ClN3O2S/c1-13-7-9-15(10-8-13)25-20(27)18(11-14-5-3-4-6-17(14)22)28-21(25)16(12-23)19(26)24-2/h3-10,18H,11H2,1-2H3,(H,24,26)/b21-16+/t18-/m0/s1. The number of rotatable bonds is 4. The Bertz CT molecular complexity index is 995. The predicted molar refractivity (Wildman–Crippen MR) is 112 cm³/mol. The van der Waals surface area contributed by atoms with Gasteiger partial charge in [0.1, 0.15) is 16.7 Å². The van der Waals surface area contributed by atoms with Crippen LogP contribution in [0, 0.1) is 18.3 Å². The smallest absolute Gasteiger partial charge is 0.264 e. The second-order valence-corrected chi connectivity index (χ2v) is 7.88. The first-order valence-corrected chi connectivity index (χ1v) is 9.89. The van der Waals surface area contributed by atoms with Crippen LogP contribution in [0.4, 0.5) is 5.69 Å².